The van der Waals surface area contributed by atoms with Gasteiger partial charge in [-0.15, -0.1) is 11.3 Å². The number of hydrogen-bond acceptors (Lipinski definition) is 6. The molecule has 0 spiro atoms. The molecule has 3 aromatic rings. The standard InChI is InChI=1S/C16H20N6OS/c1-12-9-24-16-19-13(6-15(23)22(12)16)7-20-5-3-2-4-14(20)8-21-11-17-10-18-21/h6,9-11,14H,2-5,7-8H2,1H3. The lowest BCUT2D eigenvalue weighted by Crippen LogP contribution is -2.42. The van der Waals surface area contributed by atoms with Crippen LogP contribution in [0.2, 0.25) is 0 Å². The maximum atomic E-state index is 12.3. The SMILES string of the molecule is Cc1csc2nc(CN3CCCCC3Cn3cncn3)cc(=O)n12. The van der Waals surface area contributed by atoms with Gasteiger partial charge in [0.2, 0.25) is 0 Å². The van der Waals surface area contributed by atoms with Gasteiger partial charge in [0.1, 0.15) is 12.7 Å². The summed E-state index contributed by atoms with van der Waals surface area (Å²) in [6.07, 6.45) is 6.89. The molecule has 0 aliphatic carbocycles. The quantitative estimate of drug-likeness (QED) is 0.721. The van der Waals surface area contributed by atoms with Crippen LogP contribution in [0, 0.1) is 6.92 Å². The normalized spacial score (nSPS) is 19.1. The van der Waals surface area contributed by atoms with Gasteiger partial charge in [0.05, 0.1) is 12.2 Å². The van der Waals surface area contributed by atoms with Crippen LogP contribution in [-0.4, -0.2) is 41.6 Å². The van der Waals surface area contributed by atoms with Gasteiger partial charge in [-0.1, -0.05) is 6.42 Å². The minimum Gasteiger partial charge on any atom is -0.293 e. The molecule has 0 N–H and O–H groups in total. The van der Waals surface area contributed by atoms with Gasteiger partial charge in [0.15, 0.2) is 4.96 Å². The molecule has 1 fully saturated rings. The maximum absolute atomic E-state index is 12.3. The summed E-state index contributed by atoms with van der Waals surface area (Å²) in [5, 5.41) is 6.20. The fourth-order valence-corrected chi connectivity index (χ4v) is 4.30. The zero-order chi connectivity index (χ0) is 16.5. The second kappa shape index (κ2) is 6.45. The number of fused-ring (bicyclic) bond motifs is 1. The molecule has 1 aliphatic heterocycles. The van der Waals surface area contributed by atoms with E-state index in [4.69, 9.17) is 0 Å². The third-order valence-corrected chi connectivity index (χ3v) is 5.55. The van der Waals surface area contributed by atoms with Crippen LogP contribution in [0.4, 0.5) is 0 Å². The molecule has 8 heteroatoms. The van der Waals surface area contributed by atoms with Crippen molar-refractivity contribution in [3.8, 4) is 0 Å². The van der Waals surface area contributed by atoms with E-state index in [1.165, 1.54) is 24.2 Å². The largest absolute Gasteiger partial charge is 0.293 e. The first-order chi connectivity index (χ1) is 11.7. The minimum atomic E-state index is 0.0126. The first kappa shape index (κ1) is 15.5. The number of piperidine rings is 1. The van der Waals surface area contributed by atoms with Gasteiger partial charge >= 0.3 is 0 Å². The van der Waals surface area contributed by atoms with E-state index in [1.807, 2.05) is 17.0 Å². The summed E-state index contributed by atoms with van der Waals surface area (Å²) in [5.41, 5.74) is 1.81. The minimum absolute atomic E-state index is 0.0126. The number of rotatable bonds is 4. The fourth-order valence-electron chi connectivity index (χ4n) is 3.41. The Morgan fingerprint density at radius 3 is 3.12 bits per heavy atom. The van der Waals surface area contributed by atoms with Crippen molar-refractivity contribution in [1.82, 2.24) is 29.0 Å². The number of aromatic nitrogens is 5. The Kier molecular flexibility index (Phi) is 4.15. The Morgan fingerprint density at radius 1 is 1.38 bits per heavy atom. The molecule has 1 atom stereocenters. The molecule has 1 saturated heterocycles. The van der Waals surface area contributed by atoms with Crippen molar-refractivity contribution in [2.45, 2.75) is 45.3 Å². The third kappa shape index (κ3) is 2.99. The highest BCUT2D eigenvalue weighted by Crippen LogP contribution is 2.21. The molecular formula is C16H20N6OS. The predicted molar refractivity (Wildman–Crippen MR) is 92.1 cm³/mol. The van der Waals surface area contributed by atoms with E-state index in [-0.39, 0.29) is 5.56 Å². The second-order valence-electron chi connectivity index (χ2n) is 6.32. The van der Waals surface area contributed by atoms with Crippen molar-refractivity contribution in [3.05, 3.63) is 45.8 Å². The fraction of sp³-hybridized carbons (Fsp3) is 0.500. The van der Waals surface area contributed by atoms with Gasteiger partial charge < -0.3 is 0 Å². The first-order valence-corrected chi connectivity index (χ1v) is 9.12. The molecule has 1 unspecified atom stereocenters. The number of likely N-dealkylation sites (tertiary alicyclic amines) is 1. The molecule has 0 bridgehead atoms. The monoisotopic (exact) mass is 344 g/mol. The molecule has 3 aromatic heterocycles. The van der Waals surface area contributed by atoms with Crippen LogP contribution < -0.4 is 5.56 Å². The summed E-state index contributed by atoms with van der Waals surface area (Å²) in [6, 6.07) is 2.08. The van der Waals surface area contributed by atoms with Crippen molar-refractivity contribution in [2.24, 2.45) is 0 Å². The van der Waals surface area contributed by atoms with Crippen molar-refractivity contribution in [3.63, 3.8) is 0 Å². The Bertz CT molecular complexity index is 884. The average Bonchev–Trinajstić information content (AvgIpc) is 3.19. The summed E-state index contributed by atoms with van der Waals surface area (Å²) >= 11 is 1.52. The van der Waals surface area contributed by atoms with E-state index in [0.717, 1.165) is 35.9 Å². The van der Waals surface area contributed by atoms with Crippen molar-refractivity contribution in [2.75, 3.05) is 6.54 Å². The van der Waals surface area contributed by atoms with Crippen LogP contribution in [0.15, 0.2) is 28.9 Å². The molecule has 0 amide bonds. The summed E-state index contributed by atoms with van der Waals surface area (Å²) in [4.78, 5) is 24.3. The van der Waals surface area contributed by atoms with Crippen molar-refractivity contribution < 1.29 is 0 Å². The van der Waals surface area contributed by atoms with Gasteiger partial charge in [-0.2, -0.15) is 5.10 Å². The molecule has 0 radical (unpaired) electrons. The Labute approximate surface area is 143 Å². The van der Waals surface area contributed by atoms with E-state index in [0.29, 0.717) is 12.6 Å². The second-order valence-corrected chi connectivity index (χ2v) is 7.15. The lowest BCUT2D eigenvalue weighted by Gasteiger charge is -2.35. The van der Waals surface area contributed by atoms with E-state index in [2.05, 4.69) is 20.0 Å². The molecule has 4 rings (SSSR count). The predicted octanol–water partition coefficient (Wildman–Crippen LogP) is 1.71. The van der Waals surface area contributed by atoms with Crippen LogP contribution in [0.5, 0.6) is 0 Å². The highest BCUT2D eigenvalue weighted by molar-refractivity contribution is 7.15. The average molecular weight is 344 g/mol. The molecule has 1 aliphatic rings. The molecular weight excluding hydrogens is 324 g/mol. The number of thiazole rings is 1. The molecule has 0 aromatic carbocycles. The van der Waals surface area contributed by atoms with Crippen molar-refractivity contribution in [1.29, 1.82) is 0 Å². The maximum Gasteiger partial charge on any atom is 0.259 e. The third-order valence-electron chi connectivity index (χ3n) is 4.61. The van der Waals surface area contributed by atoms with Crippen LogP contribution in [0.25, 0.3) is 4.96 Å². The Balaban J connectivity index is 1.57. The molecule has 4 heterocycles. The molecule has 24 heavy (non-hydrogen) atoms. The lowest BCUT2D eigenvalue weighted by atomic mass is 10.0. The Morgan fingerprint density at radius 2 is 2.29 bits per heavy atom. The van der Waals surface area contributed by atoms with Crippen LogP contribution in [0.1, 0.15) is 30.7 Å². The Hall–Kier alpha value is -2.06. The van der Waals surface area contributed by atoms with E-state index < -0.39 is 0 Å². The zero-order valence-corrected chi connectivity index (χ0v) is 14.4. The van der Waals surface area contributed by atoms with Crippen LogP contribution in [0.3, 0.4) is 0 Å². The van der Waals surface area contributed by atoms with Gasteiger partial charge in [-0.3, -0.25) is 18.8 Å². The van der Waals surface area contributed by atoms with Crippen LogP contribution in [-0.2, 0) is 13.1 Å². The molecule has 7 nitrogen and oxygen atoms in total. The summed E-state index contributed by atoms with van der Waals surface area (Å²) in [7, 11) is 0. The van der Waals surface area contributed by atoms with Gasteiger partial charge in [-0.05, 0) is 26.3 Å². The molecule has 0 saturated carbocycles. The van der Waals surface area contributed by atoms with Gasteiger partial charge in [-0.25, -0.2) is 9.97 Å². The summed E-state index contributed by atoms with van der Waals surface area (Å²) < 4.78 is 3.56. The lowest BCUT2D eigenvalue weighted by molar-refractivity contribution is 0.120. The highest BCUT2D eigenvalue weighted by Gasteiger charge is 2.24. The summed E-state index contributed by atoms with van der Waals surface area (Å²) in [5.74, 6) is 0. The molecule has 126 valence electrons. The van der Waals surface area contributed by atoms with Crippen LogP contribution >= 0.6 is 11.3 Å². The van der Waals surface area contributed by atoms with Gasteiger partial charge in [0, 0.05) is 29.7 Å². The zero-order valence-electron chi connectivity index (χ0n) is 13.6. The van der Waals surface area contributed by atoms with E-state index in [9.17, 15) is 4.79 Å². The smallest absolute Gasteiger partial charge is 0.259 e. The number of aryl methyl sites for hydroxylation is 1. The highest BCUT2D eigenvalue weighted by atomic mass is 32.1. The van der Waals surface area contributed by atoms with E-state index >= 15 is 0 Å². The summed E-state index contributed by atoms with van der Waals surface area (Å²) in [6.45, 7) is 4.51. The first-order valence-electron chi connectivity index (χ1n) is 8.24. The van der Waals surface area contributed by atoms with E-state index in [1.54, 1.807) is 23.1 Å². The number of hydrogen-bond donors (Lipinski definition) is 0. The van der Waals surface area contributed by atoms with Crippen molar-refractivity contribution >= 4 is 16.3 Å². The number of nitrogens with zero attached hydrogens (tertiary/aromatic N) is 6. The van der Waals surface area contributed by atoms with Gasteiger partial charge in [0.25, 0.3) is 5.56 Å². The topological polar surface area (TPSA) is 68.3 Å².